The van der Waals surface area contributed by atoms with Crippen molar-refractivity contribution in [1.82, 2.24) is 9.55 Å². The molecule has 0 saturated heterocycles. The summed E-state index contributed by atoms with van der Waals surface area (Å²) in [7, 11) is 0. The number of nitrogens with two attached hydrogens (primary N) is 1. The summed E-state index contributed by atoms with van der Waals surface area (Å²) in [6.07, 6.45) is 3.96. The first-order chi connectivity index (χ1) is 24.5. The van der Waals surface area contributed by atoms with Gasteiger partial charge in [0.2, 0.25) is 0 Å². The summed E-state index contributed by atoms with van der Waals surface area (Å²) in [5.74, 6) is -0.576. The van der Waals surface area contributed by atoms with Crippen LogP contribution in [0.4, 0.5) is 0 Å². The highest BCUT2D eigenvalue weighted by Crippen LogP contribution is 2.44. The summed E-state index contributed by atoms with van der Waals surface area (Å²) in [4.78, 5) is 19.1. The van der Waals surface area contributed by atoms with Crippen molar-refractivity contribution in [3.05, 3.63) is 233 Å². The number of ether oxygens (including phenoxy) is 1. The third-order valence-electron chi connectivity index (χ3n) is 9.20. The Morgan fingerprint density at radius 1 is 0.620 bits per heavy atom. The van der Waals surface area contributed by atoms with Crippen molar-refractivity contribution in [1.29, 1.82) is 0 Å². The van der Waals surface area contributed by atoms with Crippen molar-refractivity contribution in [3.63, 3.8) is 0 Å². The normalized spacial score (nSPS) is 12.3. The van der Waals surface area contributed by atoms with Crippen LogP contribution in [0.25, 0.3) is 0 Å². The zero-order chi connectivity index (χ0) is 34.4. The van der Waals surface area contributed by atoms with Gasteiger partial charge < -0.3 is 15.0 Å². The van der Waals surface area contributed by atoms with Crippen LogP contribution in [0.15, 0.2) is 188 Å². The fraction of sp³-hybridized carbons (Fsp3) is 0.0909. The highest BCUT2D eigenvalue weighted by atomic mass is 35.5. The van der Waals surface area contributed by atoms with Gasteiger partial charge in [0, 0.05) is 34.3 Å². The molecule has 7 rings (SSSR count). The van der Waals surface area contributed by atoms with Crippen LogP contribution < -0.4 is 5.73 Å². The Kier molecular flexibility index (Phi) is 9.43. The Hall–Kier alpha value is -5.75. The highest BCUT2D eigenvalue weighted by Gasteiger charge is 2.43. The van der Waals surface area contributed by atoms with Crippen molar-refractivity contribution < 1.29 is 9.53 Å². The van der Waals surface area contributed by atoms with Gasteiger partial charge in [0.15, 0.2) is 5.60 Å². The molecule has 0 amide bonds. The second-order valence-corrected chi connectivity index (χ2v) is 12.6. The monoisotopic (exact) mass is 673 g/mol. The molecule has 0 spiro atoms. The molecule has 0 aliphatic heterocycles. The highest BCUT2D eigenvalue weighted by molar-refractivity contribution is 6.31. The summed E-state index contributed by atoms with van der Waals surface area (Å²) in [5.41, 5.74) is 10.6. The van der Waals surface area contributed by atoms with Gasteiger partial charge in [0.1, 0.15) is 11.6 Å². The minimum atomic E-state index is -1.35. The van der Waals surface area contributed by atoms with Gasteiger partial charge in [0.05, 0.1) is 12.0 Å². The van der Waals surface area contributed by atoms with Gasteiger partial charge in [-0.05, 0) is 22.8 Å². The predicted molar refractivity (Wildman–Crippen MR) is 199 cm³/mol. The molecule has 0 unspecified atom stereocenters. The van der Waals surface area contributed by atoms with Gasteiger partial charge in [-0.2, -0.15) is 0 Å². The molecule has 6 aromatic carbocycles. The lowest BCUT2D eigenvalue weighted by atomic mass is 9.77. The summed E-state index contributed by atoms with van der Waals surface area (Å²) in [6.45, 7) is 0. The second-order valence-electron chi connectivity index (χ2n) is 12.2. The van der Waals surface area contributed by atoms with E-state index in [1.54, 1.807) is 6.07 Å². The van der Waals surface area contributed by atoms with Crippen molar-refractivity contribution in [2.45, 2.75) is 23.6 Å². The van der Waals surface area contributed by atoms with E-state index in [2.05, 4.69) is 41.0 Å². The molecule has 0 radical (unpaired) electrons. The number of nitrogens with zero attached hydrogens (tertiary/aromatic N) is 2. The van der Waals surface area contributed by atoms with Gasteiger partial charge in [0.25, 0.3) is 0 Å². The topological polar surface area (TPSA) is 70.1 Å². The van der Waals surface area contributed by atoms with E-state index in [9.17, 15) is 4.79 Å². The number of hydrogen-bond acceptors (Lipinski definition) is 4. The van der Waals surface area contributed by atoms with E-state index in [1.807, 2.05) is 146 Å². The van der Waals surface area contributed by atoms with Crippen LogP contribution in [0.2, 0.25) is 5.02 Å². The number of esters is 1. The van der Waals surface area contributed by atoms with E-state index < -0.39 is 23.2 Å². The van der Waals surface area contributed by atoms with Gasteiger partial charge in [-0.1, -0.05) is 181 Å². The molecule has 0 saturated carbocycles. The summed E-state index contributed by atoms with van der Waals surface area (Å²) in [5, 5.41) is 0.472. The fourth-order valence-electron chi connectivity index (χ4n) is 6.92. The van der Waals surface area contributed by atoms with Gasteiger partial charge in [-0.25, -0.2) is 4.98 Å². The van der Waals surface area contributed by atoms with Crippen molar-refractivity contribution in [3.8, 4) is 0 Å². The lowest BCUT2D eigenvalue weighted by Gasteiger charge is -2.37. The molecule has 6 heteroatoms. The Labute approximate surface area is 297 Å². The maximum Gasteiger partial charge on any atom is 0.324 e. The third-order valence-corrected chi connectivity index (χ3v) is 9.53. The maximum absolute atomic E-state index is 14.2. The van der Waals surface area contributed by atoms with Crippen LogP contribution in [-0.2, 0) is 27.1 Å². The number of halogens is 1. The summed E-state index contributed by atoms with van der Waals surface area (Å²) < 4.78 is 8.72. The molecule has 0 aliphatic rings. The standard InChI is InChI=1S/C44H36ClN3O2/c45-40-29-17-16-28-39(40)44(36-24-12-4-13-25-36,37-26-14-5-15-27-37)50-42(49)41(46)30-38-31-48(32-47-38)43(33-18-6-1-7-19-33,34-20-8-2-9-21-34)35-22-10-3-11-23-35/h1-29,31-32,41H,30,46H2/t41-/m0/s1. The number of carbonyl (C=O) groups excluding carboxylic acids is 1. The second kappa shape index (κ2) is 14.4. The zero-order valence-electron chi connectivity index (χ0n) is 27.3. The predicted octanol–water partition coefficient (Wildman–Crippen LogP) is 8.78. The molecule has 0 aliphatic carbocycles. The Morgan fingerprint density at radius 3 is 1.46 bits per heavy atom. The van der Waals surface area contributed by atoms with E-state index in [0.29, 0.717) is 16.3 Å². The van der Waals surface area contributed by atoms with Crippen LogP contribution in [0.1, 0.15) is 39.1 Å². The quantitative estimate of drug-likeness (QED) is 0.110. The average Bonchev–Trinajstić information content (AvgIpc) is 3.65. The van der Waals surface area contributed by atoms with Crippen molar-refractivity contribution in [2.75, 3.05) is 0 Å². The number of imidazole rings is 1. The van der Waals surface area contributed by atoms with Crippen LogP contribution in [0.5, 0.6) is 0 Å². The Bertz CT molecular complexity index is 2020. The van der Waals surface area contributed by atoms with Crippen LogP contribution in [0, 0.1) is 0 Å². The van der Waals surface area contributed by atoms with E-state index in [-0.39, 0.29) is 6.42 Å². The molecular weight excluding hydrogens is 638 g/mol. The molecule has 0 bridgehead atoms. The molecule has 7 aromatic rings. The first-order valence-corrected chi connectivity index (χ1v) is 17.0. The SMILES string of the molecule is N[C@@H](Cc1cn(C(c2ccccc2)(c2ccccc2)c2ccccc2)cn1)C(=O)OC(c1ccccc1)(c1ccccc1)c1ccccc1Cl. The molecule has 1 heterocycles. The summed E-state index contributed by atoms with van der Waals surface area (Å²) >= 11 is 6.86. The first-order valence-electron chi connectivity index (χ1n) is 16.6. The smallest absolute Gasteiger partial charge is 0.324 e. The van der Waals surface area contributed by atoms with Crippen molar-refractivity contribution in [2.24, 2.45) is 5.73 Å². The molecule has 1 aromatic heterocycles. The first kappa shape index (κ1) is 32.8. The summed E-state index contributed by atoms with van der Waals surface area (Å²) in [6, 6.07) is 56.8. The van der Waals surface area contributed by atoms with E-state index in [0.717, 1.165) is 27.8 Å². The molecule has 1 atom stereocenters. The molecular formula is C44H36ClN3O2. The minimum Gasteiger partial charge on any atom is -0.443 e. The lowest BCUT2D eigenvalue weighted by molar-refractivity contribution is -0.155. The Balaban J connectivity index is 1.28. The van der Waals surface area contributed by atoms with Gasteiger partial charge >= 0.3 is 5.97 Å². The van der Waals surface area contributed by atoms with E-state index >= 15 is 0 Å². The van der Waals surface area contributed by atoms with Crippen molar-refractivity contribution >= 4 is 17.6 Å². The number of benzene rings is 6. The van der Waals surface area contributed by atoms with Gasteiger partial charge in [-0.3, -0.25) is 4.79 Å². The molecule has 5 nitrogen and oxygen atoms in total. The fourth-order valence-corrected chi connectivity index (χ4v) is 7.18. The van der Waals surface area contributed by atoms with E-state index in [1.165, 1.54) is 0 Å². The average molecular weight is 674 g/mol. The molecule has 246 valence electrons. The van der Waals surface area contributed by atoms with Crippen LogP contribution in [0.3, 0.4) is 0 Å². The minimum absolute atomic E-state index is 0.155. The number of hydrogen-bond donors (Lipinski definition) is 1. The Morgan fingerprint density at radius 2 is 1.02 bits per heavy atom. The van der Waals surface area contributed by atoms with Crippen LogP contribution in [-0.4, -0.2) is 21.6 Å². The number of aromatic nitrogens is 2. The maximum atomic E-state index is 14.2. The van der Waals surface area contributed by atoms with Crippen LogP contribution >= 0.6 is 11.6 Å². The largest absolute Gasteiger partial charge is 0.443 e. The molecule has 0 fully saturated rings. The number of rotatable bonds is 11. The van der Waals surface area contributed by atoms with E-state index in [4.69, 9.17) is 27.1 Å². The number of carbonyl (C=O) groups is 1. The third kappa shape index (κ3) is 6.02. The van der Waals surface area contributed by atoms with Gasteiger partial charge in [-0.15, -0.1) is 0 Å². The lowest BCUT2D eigenvalue weighted by Crippen LogP contribution is -2.43. The molecule has 50 heavy (non-hydrogen) atoms. The molecule has 2 N–H and O–H groups in total. The zero-order valence-corrected chi connectivity index (χ0v) is 28.1.